The van der Waals surface area contributed by atoms with Gasteiger partial charge in [-0.1, -0.05) is 18.2 Å². The number of rotatable bonds is 11. The van der Waals surface area contributed by atoms with E-state index in [4.69, 9.17) is 25.5 Å². The molecule has 0 fully saturated rings. The van der Waals surface area contributed by atoms with Crippen LogP contribution in [0.15, 0.2) is 35.2 Å². The first kappa shape index (κ1) is 22.7. The van der Waals surface area contributed by atoms with Crippen molar-refractivity contribution in [3.63, 3.8) is 0 Å². The van der Waals surface area contributed by atoms with Crippen molar-refractivity contribution in [2.45, 2.75) is 25.7 Å². The van der Waals surface area contributed by atoms with Crippen LogP contribution >= 0.6 is 0 Å². The molecule has 7 nitrogen and oxygen atoms in total. The third kappa shape index (κ3) is 5.12. The Labute approximate surface area is 153 Å². The molecule has 25 heavy (non-hydrogen) atoms. The molecule has 0 heterocycles. The fourth-order valence-electron chi connectivity index (χ4n) is 2.32. The minimum Gasteiger partial charge on any atom is -0.351 e. The van der Waals surface area contributed by atoms with E-state index < -0.39 is 27.0 Å². The Morgan fingerprint density at radius 1 is 0.920 bits per heavy atom. The molecule has 0 aromatic heterocycles. The number of benzene rings is 1. The Kier molecular flexibility index (Phi) is 9.22. The maximum Gasteiger partial charge on any atom is 0.693 e. The molecule has 0 amide bonds. The van der Waals surface area contributed by atoms with Gasteiger partial charge in [0.15, 0.2) is 0 Å². The molecule has 0 aliphatic rings. The van der Waals surface area contributed by atoms with Crippen LogP contribution in [-0.4, -0.2) is 53.6 Å². The lowest BCUT2D eigenvalue weighted by Gasteiger charge is -2.38. The fraction of sp³-hybridized carbons (Fsp3) is 0.600. The zero-order valence-corrected chi connectivity index (χ0v) is 18.4. The molecular formula is C15H30O7S2Si. The minimum absolute atomic E-state index is 0.304. The summed E-state index contributed by atoms with van der Waals surface area (Å²) < 4.78 is 48.0. The van der Waals surface area contributed by atoms with Crippen molar-refractivity contribution in [2.75, 3.05) is 40.3 Å². The third-order valence-corrected chi connectivity index (χ3v) is 14.8. The molecule has 0 spiro atoms. The summed E-state index contributed by atoms with van der Waals surface area (Å²) in [7, 11) is -6.93. The van der Waals surface area contributed by atoms with Gasteiger partial charge in [0.1, 0.15) is 8.77 Å². The van der Waals surface area contributed by atoms with Crippen molar-refractivity contribution < 1.29 is 29.7 Å². The van der Waals surface area contributed by atoms with Crippen LogP contribution in [-0.2, 0) is 43.4 Å². The molecule has 0 radical (unpaired) electrons. The normalized spacial score (nSPS) is 15.8. The van der Waals surface area contributed by atoms with Gasteiger partial charge in [-0.3, -0.25) is 12.2 Å². The maximum atomic E-state index is 13.7. The molecule has 1 aromatic rings. The van der Waals surface area contributed by atoms with Crippen LogP contribution in [0.4, 0.5) is 0 Å². The third-order valence-electron chi connectivity index (χ3n) is 3.21. The van der Waals surface area contributed by atoms with Crippen LogP contribution in [0.1, 0.15) is 20.8 Å². The van der Waals surface area contributed by atoms with Crippen molar-refractivity contribution in [1.29, 1.82) is 0 Å². The lowest BCUT2D eigenvalue weighted by molar-refractivity contribution is 0.0138. The first-order chi connectivity index (χ1) is 11.9. The van der Waals surface area contributed by atoms with Gasteiger partial charge in [-0.15, -0.1) is 0 Å². The fourth-order valence-corrected chi connectivity index (χ4v) is 13.0. The molecule has 0 N–H and O–H groups in total. The van der Waals surface area contributed by atoms with Gasteiger partial charge in [0.2, 0.25) is 0 Å². The highest BCUT2D eigenvalue weighted by atomic mass is 32.9. The van der Waals surface area contributed by atoms with Crippen LogP contribution in [0, 0.1) is 0 Å². The number of thiol groups is 1. The molecule has 1 rings (SSSR count). The van der Waals surface area contributed by atoms with Gasteiger partial charge in [0.25, 0.3) is 0 Å². The summed E-state index contributed by atoms with van der Waals surface area (Å²) >= 11 is 0. The Bertz CT molecular complexity index is 634. The molecule has 10 heteroatoms. The Morgan fingerprint density at radius 3 is 1.72 bits per heavy atom. The molecular weight excluding hydrogens is 384 g/mol. The highest BCUT2D eigenvalue weighted by Gasteiger charge is 2.49. The first-order valence-corrected chi connectivity index (χ1v) is 13.8. The summed E-state index contributed by atoms with van der Waals surface area (Å²) in [5, 5.41) is 0. The van der Waals surface area contributed by atoms with Crippen LogP contribution < -0.4 is 0 Å². The molecule has 0 aliphatic carbocycles. The van der Waals surface area contributed by atoms with Crippen molar-refractivity contribution in [3.05, 3.63) is 30.3 Å². The Balaban J connectivity index is 3.59. The van der Waals surface area contributed by atoms with E-state index in [9.17, 15) is 4.21 Å². The quantitative estimate of drug-likeness (QED) is 0.440. The largest absolute Gasteiger partial charge is 0.693 e. The molecule has 0 aliphatic heterocycles. The monoisotopic (exact) mass is 414 g/mol. The SMILES string of the molecule is CCO[Si](OCC)(OCC)OS(C)(=O)=[SH](OC)(OC)c1ccccc1. The summed E-state index contributed by atoms with van der Waals surface area (Å²) in [6, 6.07) is 9.13. The molecule has 148 valence electrons. The zero-order chi connectivity index (χ0) is 19.0. The number of hydrogen-bond acceptors (Lipinski definition) is 7. The topological polar surface area (TPSA) is 72.5 Å². The van der Waals surface area contributed by atoms with Gasteiger partial charge < -0.3 is 13.3 Å². The molecule has 0 saturated carbocycles. The van der Waals surface area contributed by atoms with Crippen molar-refractivity contribution in [1.82, 2.24) is 0 Å². The second kappa shape index (κ2) is 10.1. The van der Waals surface area contributed by atoms with E-state index in [-0.39, 0.29) is 0 Å². The van der Waals surface area contributed by atoms with E-state index in [1.54, 1.807) is 32.9 Å². The molecule has 1 atom stereocenters. The van der Waals surface area contributed by atoms with Crippen molar-refractivity contribution in [2.24, 2.45) is 0 Å². The molecule has 0 bridgehead atoms. The van der Waals surface area contributed by atoms with E-state index in [0.717, 1.165) is 0 Å². The van der Waals surface area contributed by atoms with E-state index in [2.05, 4.69) is 0 Å². The second-order valence-corrected chi connectivity index (χ2v) is 14.5. The summed E-state index contributed by atoms with van der Waals surface area (Å²) in [5.74, 6) is 0. The minimum atomic E-state index is -3.61. The Hall–Kier alpha value is -0.303. The lowest BCUT2D eigenvalue weighted by Crippen LogP contribution is -2.51. The van der Waals surface area contributed by atoms with Gasteiger partial charge in [-0.05, 0) is 32.9 Å². The van der Waals surface area contributed by atoms with Gasteiger partial charge in [-0.2, -0.15) is 9.15 Å². The summed E-state index contributed by atoms with van der Waals surface area (Å²) in [6.45, 7) is 6.31. The summed E-state index contributed by atoms with van der Waals surface area (Å²) in [5.41, 5.74) is 0. The summed E-state index contributed by atoms with van der Waals surface area (Å²) in [4.78, 5) is 0.667. The average molecular weight is 415 g/mol. The van der Waals surface area contributed by atoms with Gasteiger partial charge >= 0.3 is 9.05 Å². The van der Waals surface area contributed by atoms with Gasteiger partial charge in [0.05, 0.1) is 19.1 Å². The summed E-state index contributed by atoms with van der Waals surface area (Å²) in [6.07, 6.45) is 1.46. The lowest BCUT2D eigenvalue weighted by atomic mass is 10.4. The number of hydrogen-bond donors (Lipinski definition) is 1. The highest BCUT2D eigenvalue weighted by molar-refractivity contribution is 8.49. The van der Waals surface area contributed by atoms with Crippen molar-refractivity contribution in [3.8, 4) is 0 Å². The maximum absolute atomic E-state index is 13.7. The van der Waals surface area contributed by atoms with Gasteiger partial charge in [0, 0.05) is 26.1 Å². The van der Waals surface area contributed by atoms with E-state index in [1.165, 1.54) is 20.5 Å². The van der Waals surface area contributed by atoms with E-state index in [1.807, 2.05) is 18.2 Å². The van der Waals surface area contributed by atoms with Crippen LogP contribution in [0.25, 0.3) is 0 Å². The van der Waals surface area contributed by atoms with E-state index in [0.29, 0.717) is 24.7 Å². The smallest absolute Gasteiger partial charge is 0.351 e. The van der Waals surface area contributed by atoms with Crippen molar-refractivity contribution >= 4 is 27.0 Å². The highest BCUT2D eigenvalue weighted by Crippen LogP contribution is 2.30. The Morgan fingerprint density at radius 2 is 1.36 bits per heavy atom. The molecule has 1 aromatic carbocycles. The van der Waals surface area contributed by atoms with Gasteiger partial charge in [-0.25, -0.2) is 4.21 Å². The van der Waals surface area contributed by atoms with Crippen LogP contribution in [0.2, 0.25) is 0 Å². The van der Waals surface area contributed by atoms with E-state index >= 15 is 0 Å². The predicted octanol–water partition coefficient (Wildman–Crippen LogP) is 2.36. The predicted molar refractivity (Wildman–Crippen MR) is 103 cm³/mol. The second-order valence-electron chi connectivity index (χ2n) is 4.81. The first-order valence-electron chi connectivity index (χ1n) is 8.04. The average Bonchev–Trinajstić information content (AvgIpc) is 2.57. The standard InChI is InChI=1S/C15H30O7S2Si/c1-7-19-25(20-8-2,21-9-3)22-23(6,16)24(17-4,18-5)15-13-11-10-12-14-15/h10-14,24H,7-9H2,1-6H3. The molecule has 1 unspecified atom stereocenters. The van der Waals surface area contributed by atoms with Crippen LogP contribution in [0.5, 0.6) is 0 Å². The zero-order valence-electron chi connectivity index (χ0n) is 15.7. The molecule has 0 saturated heterocycles. The van der Waals surface area contributed by atoms with Crippen LogP contribution in [0.3, 0.4) is 0 Å².